The Hall–Kier alpha value is -1.22. The van der Waals surface area contributed by atoms with Gasteiger partial charge in [0.25, 0.3) is 0 Å². The number of hydrogen-bond donors (Lipinski definition) is 0. The molecule has 1 aliphatic rings. The second-order valence-corrected chi connectivity index (χ2v) is 9.65. The van der Waals surface area contributed by atoms with E-state index >= 15 is 0 Å². The quantitative estimate of drug-likeness (QED) is 0.795. The zero-order valence-electron chi connectivity index (χ0n) is 13.3. The van der Waals surface area contributed by atoms with Gasteiger partial charge in [-0.3, -0.25) is 4.79 Å². The van der Waals surface area contributed by atoms with E-state index < -0.39 is 10.0 Å². The molecule has 1 aromatic carbocycles. The highest BCUT2D eigenvalue weighted by Crippen LogP contribution is 2.25. The van der Waals surface area contributed by atoms with Crippen LogP contribution in [0.5, 0.6) is 0 Å². The van der Waals surface area contributed by atoms with Crippen LogP contribution in [0.4, 0.5) is 0 Å². The fourth-order valence-electron chi connectivity index (χ4n) is 2.47. The van der Waals surface area contributed by atoms with Gasteiger partial charge < -0.3 is 0 Å². The predicted molar refractivity (Wildman–Crippen MR) is 98.0 cm³/mol. The summed E-state index contributed by atoms with van der Waals surface area (Å²) in [6.45, 7) is 2.67. The average Bonchev–Trinajstić information content (AvgIpc) is 3.03. The van der Waals surface area contributed by atoms with Crippen molar-refractivity contribution in [1.82, 2.24) is 9.29 Å². The Balaban J connectivity index is 1.80. The molecule has 0 N–H and O–H groups in total. The number of thioether (sulfide) groups is 1. The lowest BCUT2D eigenvalue weighted by Crippen LogP contribution is -2.37. The van der Waals surface area contributed by atoms with Crippen molar-refractivity contribution in [2.45, 2.75) is 18.2 Å². The van der Waals surface area contributed by atoms with E-state index in [0.717, 1.165) is 27.8 Å². The molecule has 2 aromatic rings. The highest BCUT2D eigenvalue weighted by molar-refractivity contribution is 7.99. The summed E-state index contributed by atoms with van der Waals surface area (Å²) in [5.74, 6) is 1.77. The van der Waals surface area contributed by atoms with Gasteiger partial charge in [0, 0.05) is 35.5 Å². The number of hydrogen-bond acceptors (Lipinski definition) is 6. The summed E-state index contributed by atoms with van der Waals surface area (Å²) >= 11 is 3.22. The number of rotatable bonds is 5. The van der Waals surface area contributed by atoms with E-state index in [0.29, 0.717) is 24.4 Å². The van der Waals surface area contributed by atoms with Crippen molar-refractivity contribution in [3.05, 3.63) is 34.7 Å². The Labute approximate surface area is 150 Å². The maximum Gasteiger partial charge on any atom is 0.243 e. The minimum atomic E-state index is -3.41. The Morgan fingerprint density at radius 2 is 1.88 bits per heavy atom. The van der Waals surface area contributed by atoms with Gasteiger partial charge in [0.05, 0.1) is 17.0 Å². The van der Waals surface area contributed by atoms with Crippen molar-refractivity contribution in [1.29, 1.82) is 0 Å². The number of benzene rings is 1. The van der Waals surface area contributed by atoms with Crippen molar-refractivity contribution < 1.29 is 13.2 Å². The van der Waals surface area contributed by atoms with Crippen molar-refractivity contribution in [2.75, 3.05) is 24.6 Å². The summed E-state index contributed by atoms with van der Waals surface area (Å²) < 4.78 is 26.8. The fraction of sp³-hybridized carbons (Fsp3) is 0.375. The molecule has 0 unspecified atom stereocenters. The van der Waals surface area contributed by atoms with Gasteiger partial charge in [-0.25, -0.2) is 13.4 Å². The molecule has 128 valence electrons. The molecule has 0 bridgehead atoms. The highest BCUT2D eigenvalue weighted by Gasteiger charge is 2.26. The van der Waals surface area contributed by atoms with Crippen LogP contribution in [0.3, 0.4) is 0 Å². The molecular formula is C16H18N2O3S3. The molecule has 1 saturated heterocycles. The van der Waals surface area contributed by atoms with Crippen LogP contribution < -0.4 is 0 Å². The van der Waals surface area contributed by atoms with E-state index in [2.05, 4.69) is 4.98 Å². The molecule has 1 aliphatic heterocycles. The normalized spacial score (nSPS) is 16.2. The summed E-state index contributed by atoms with van der Waals surface area (Å²) in [5, 5.41) is 2.67. The molecule has 5 nitrogen and oxygen atoms in total. The summed E-state index contributed by atoms with van der Waals surface area (Å²) in [6.07, 6.45) is 0.337. The van der Waals surface area contributed by atoms with Crippen LogP contribution >= 0.6 is 23.1 Å². The number of nitrogens with zero attached hydrogens (tertiary/aromatic N) is 2. The monoisotopic (exact) mass is 382 g/mol. The Bertz CT molecular complexity index is 823. The molecule has 0 radical (unpaired) electrons. The van der Waals surface area contributed by atoms with Crippen molar-refractivity contribution in [3.63, 3.8) is 0 Å². The zero-order chi connectivity index (χ0) is 17.2. The predicted octanol–water partition coefficient (Wildman–Crippen LogP) is 2.68. The first-order chi connectivity index (χ1) is 11.5. The number of carbonyl (C=O) groups is 1. The van der Waals surface area contributed by atoms with Crippen LogP contribution in [0.1, 0.15) is 11.9 Å². The van der Waals surface area contributed by atoms with Gasteiger partial charge in [0.1, 0.15) is 10.8 Å². The molecule has 8 heteroatoms. The van der Waals surface area contributed by atoms with Crippen molar-refractivity contribution in [2.24, 2.45) is 0 Å². The summed E-state index contributed by atoms with van der Waals surface area (Å²) in [4.78, 5) is 15.9. The molecule has 2 heterocycles. The minimum Gasteiger partial charge on any atom is -0.300 e. The van der Waals surface area contributed by atoms with Gasteiger partial charge in [-0.05, 0) is 19.1 Å². The van der Waals surface area contributed by atoms with E-state index in [1.165, 1.54) is 11.3 Å². The van der Waals surface area contributed by atoms with Gasteiger partial charge >= 0.3 is 0 Å². The molecule has 24 heavy (non-hydrogen) atoms. The maximum atomic E-state index is 12.6. The van der Waals surface area contributed by atoms with Crippen LogP contribution in [0.25, 0.3) is 11.3 Å². The van der Waals surface area contributed by atoms with Gasteiger partial charge in [0.2, 0.25) is 10.0 Å². The summed E-state index contributed by atoms with van der Waals surface area (Å²) in [6, 6.07) is 6.82. The number of carbonyl (C=O) groups excluding carboxylic acids is 1. The van der Waals surface area contributed by atoms with Gasteiger partial charge in [-0.15, -0.1) is 11.3 Å². The van der Waals surface area contributed by atoms with E-state index in [4.69, 9.17) is 0 Å². The first kappa shape index (κ1) is 17.6. The van der Waals surface area contributed by atoms with Crippen molar-refractivity contribution >= 4 is 38.9 Å². The zero-order valence-corrected chi connectivity index (χ0v) is 15.7. The lowest BCUT2D eigenvalue weighted by atomic mass is 10.2. The van der Waals surface area contributed by atoms with Gasteiger partial charge in [-0.1, -0.05) is 12.1 Å². The molecule has 0 spiro atoms. The third kappa shape index (κ3) is 3.88. The maximum absolute atomic E-state index is 12.6. The van der Waals surface area contributed by atoms with E-state index in [1.807, 2.05) is 5.38 Å². The molecule has 1 aromatic heterocycles. The molecule has 0 aliphatic carbocycles. The standard InChI is InChI=1S/C16H18N2O3S3/c1-12(19)10-16-17-15(11-23-16)13-2-4-14(5-3-13)24(20,21)18-6-8-22-9-7-18/h2-5,11H,6-10H2,1H3. The largest absolute Gasteiger partial charge is 0.300 e. The van der Waals surface area contributed by atoms with Crippen LogP contribution in [0.2, 0.25) is 0 Å². The van der Waals surface area contributed by atoms with Crippen LogP contribution in [0.15, 0.2) is 34.5 Å². The molecule has 0 atom stereocenters. The third-order valence-corrected chi connectivity index (χ3v) is 7.41. The molecule has 0 saturated carbocycles. The first-order valence-corrected chi connectivity index (χ1v) is 11.1. The van der Waals surface area contributed by atoms with Gasteiger partial charge in [-0.2, -0.15) is 16.1 Å². The van der Waals surface area contributed by atoms with Crippen LogP contribution in [0, 0.1) is 0 Å². The van der Waals surface area contributed by atoms with Crippen molar-refractivity contribution in [3.8, 4) is 11.3 Å². The Morgan fingerprint density at radius 3 is 2.50 bits per heavy atom. The van der Waals surface area contributed by atoms with E-state index in [1.54, 1.807) is 47.3 Å². The minimum absolute atomic E-state index is 0.0806. The van der Waals surface area contributed by atoms with E-state index in [-0.39, 0.29) is 5.78 Å². The second kappa shape index (κ2) is 7.35. The number of aromatic nitrogens is 1. The molecule has 3 rings (SSSR count). The third-order valence-electron chi connectivity index (χ3n) is 3.71. The summed E-state index contributed by atoms with van der Waals surface area (Å²) in [5.41, 5.74) is 1.63. The Kier molecular flexibility index (Phi) is 5.39. The van der Waals surface area contributed by atoms with Crippen LogP contribution in [-0.2, 0) is 21.2 Å². The number of sulfonamides is 1. The van der Waals surface area contributed by atoms with Crippen LogP contribution in [-0.4, -0.2) is 48.1 Å². The topological polar surface area (TPSA) is 67.3 Å². The fourth-order valence-corrected chi connectivity index (χ4v) is 5.92. The lowest BCUT2D eigenvalue weighted by Gasteiger charge is -2.25. The number of Topliss-reactive ketones (excluding diaryl/α,β-unsaturated/α-hetero) is 1. The number of thiazole rings is 1. The molecule has 1 fully saturated rings. The first-order valence-electron chi connectivity index (χ1n) is 7.59. The Morgan fingerprint density at radius 1 is 1.21 bits per heavy atom. The smallest absolute Gasteiger partial charge is 0.243 e. The molecular weight excluding hydrogens is 364 g/mol. The SMILES string of the molecule is CC(=O)Cc1nc(-c2ccc(S(=O)(=O)N3CCSCC3)cc2)cs1. The molecule has 0 amide bonds. The lowest BCUT2D eigenvalue weighted by molar-refractivity contribution is -0.116. The van der Waals surface area contributed by atoms with Gasteiger partial charge in [0.15, 0.2) is 0 Å². The average molecular weight is 383 g/mol. The number of ketones is 1. The highest BCUT2D eigenvalue weighted by atomic mass is 32.2. The second-order valence-electron chi connectivity index (χ2n) is 5.55. The van der Waals surface area contributed by atoms with E-state index in [9.17, 15) is 13.2 Å². The summed E-state index contributed by atoms with van der Waals surface area (Å²) in [7, 11) is -3.41.